The molecular weight excluding hydrogens is 360 g/mol. The number of carbonyl (C=O) groups excluding carboxylic acids is 1. The van der Waals surface area contributed by atoms with E-state index in [4.69, 9.17) is 23.7 Å². The maximum Gasteiger partial charge on any atom is 0.305 e. The minimum Gasteiger partial charge on any atom is -0.492 e. The summed E-state index contributed by atoms with van der Waals surface area (Å²) in [6, 6.07) is 12.0. The molecular formula is C22H26O6. The lowest BCUT2D eigenvalue weighted by Gasteiger charge is -2.15. The van der Waals surface area contributed by atoms with Crippen LogP contribution in [0, 0.1) is 0 Å². The molecule has 2 aromatic rings. The van der Waals surface area contributed by atoms with Crippen LogP contribution in [0.5, 0.6) is 23.0 Å². The van der Waals surface area contributed by atoms with Crippen LogP contribution in [-0.4, -0.2) is 33.6 Å². The molecule has 0 fully saturated rings. The van der Waals surface area contributed by atoms with Crippen molar-refractivity contribution >= 4 is 5.97 Å². The Balaban J connectivity index is 1.44. The predicted octanol–water partition coefficient (Wildman–Crippen LogP) is 3.93. The number of hydrogen-bond acceptors (Lipinski definition) is 6. The van der Waals surface area contributed by atoms with Gasteiger partial charge < -0.3 is 23.7 Å². The molecule has 0 aromatic heterocycles. The summed E-state index contributed by atoms with van der Waals surface area (Å²) in [6.07, 6.45) is 3.45. The summed E-state index contributed by atoms with van der Waals surface area (Å²) in [6.45, 7) is 0.531. The van der Waals surface area contributed by atoms with Crippen molar-refractivity contribution in [2.45, 2.75) is 32.1 Å². The van der Waals surface area contributed by atoms with E-state index >= 15 is 0 Å². The molecule has 150 valence electrons. The fourth-order valence-electron chi connectivity index (χ4n) is 3.24. The minimum absolute atomic E-state index is 0.161. The van der Waals surface area contributed by atoms with Gasteiger partial charge in [-0.25, -0.2) is 0 Å². The lowest BCUT2D eigenvalue weighted by molar-refractivity contribution is -0.143. The van der Waals surface area contributed by atoms with Crippen LogP contribution in [0.25, 0.3) is 0 Å². The largest absolute Gasteiger partial charge is 0.492 e. The zero-order valence-electron chi connectivity index (χ0n) is 16.4. The number of ether oxygens (including phenoxy) is 5. The molecule has 2 aromatic carbocycles. The molecule has 0 unspecified atom stereocenters. The summed E-state index contributed by atoms with van der Waals surface area (Å²) in [5.74, 6) is 2.20. The van der Waals surface area contributed by atoms with E-state index in [1.165, 1.54) is 5.56 Å². The SMILES string of the molecule is COc1c(CCCOC(=O)CCCc2ccccc2)cc2c(c1OC)OCO2. The van der Waals surface area contributed by atoms with E-state index in [0.29, 0.717) is 48.9 Å². The number of esters is 1. The van der Waals surface area contributed by atoms with Gasteiger partial charge in [-0.2, -0.15) is 0 Å². The monoisotopic (exact) mass is 386 g/mol. The summed E-state index contributed by atoms with van der Waals surface area (Å²) in [5, 5.41) is 0. The molecule has 0 spiro atoms. The Hall–Kier alpha value is -2.89. The highest BCUT2D eigenvalue weighted by molar-refractivity contribution is 5.69. The Labute approximate surface area is 165 Å². The molecule has 1 aliphatic rings. The number of methoxy groups -OCH3 is 2. The molecule has 0 bridgehead atoms. The van der Waals surface area contributed by atoms with E-state index in [0.717, 1.165) is 18.4 Å². The lowest BCUT2D eigenvalue weighted by Crippen LogP contribution is -2.07. The normalized spacial score (nSPS) is 11.9. The molecule has 1 aliphatic heterocycles. The fourth-order valence-corrected chi connectivity index (χ4v) is 3.24. The van der Waals surface area contributed by atoms with Crippen molar-refractivity contribution in [3.63, 3.8) is 0 Å². The standard InChI is InChI=1S/C22H26O6/c1-24-20-17(14-18-21(22(20)25-2)28-15-27-18)11-7-13-26-19(23)12-6-10-16-8-4-3-5-9-16/h3-5,8-9,14H,6-7,10-13,15H2,1-2H3. The quantitative estimate of drug-likeness (QED) is 0.455. The van der Waals surface area contributed by atoms with Crippen molar-refractivity contribution in [2.75, 3.05) is 27.6 Å². The Morgan fingerprint density at radius 1 is 1.00 bits per heavy atom. The van der Waals surface area contributed by atoms with Crippen molar-refractivity contribution in [1.29, 1.82) is 0 Å². The van der Waals surface area contributed by atoms with Crippen molar-refractivity contribution < 1.29 is 28.5 Å². The molecule has 0 aliphatic carbocycles. The molecule has 6 heteroatoms. The lowest BCUT2D eigenvalue weighted by atomic mass is 10.1. The summed E-state index contributed by atoms with van der Waals surface area (Å²) >= 11 is 0. The van der Waals surface area contributed by atoms with E-state index in [1.54, 1.807) is 14.2 Å². The third-order valence-electron chi connectivity index (χ3n) is 4.60. The number of aryl methyl sites for hydroxylation is 2. The summed E-state index contributed by atoms with van der Waals surface area (Å²) in [5.41, 5.74) is 2.17. The van der Waals surface area contributed by atoms with Gasteiger partial charge in [-0.15, -0.1) is 0 Å². The van der Waals surface area contributed by atoms with E-state index in [1.807, 2.05) is 24.3 Å². The second-order valence-corrected chi connectivity index (χ2v) is 6.50. The number of hydrogen-bond donors (Lipinski definition) is 0. The fraction of sp³-hybridized carbons (Fsp3) is 0.409. The average Bonchev–Trinajstić information content (AvgIpc) is 3.19. The van der Waals surface area contributed by atoms with Crippen LogP contribution < -0.4 is 18.9 Å². The van der Waals surface area contributed by atoms with E-state index in [9.17, 15) is 4.79 Å². The van der Waals surface area contributed by atoms with E-state index in [-0.39, 0.29) is 12.8 Å². The maximum absolute atomic E-state index is 11.9. The molecule has 0 amide bonds. The van der Waals surface area contributed by atoms with Gasteiger partial charge in [0, 0.05) is 12.0 Å². The number of rotatable bonds is 10. The average molecular weight is 386 g/mol. The van der Waals surface area contributed by atoms with E-state index in [2.05, 4.69) is 12.1 Å². The minimum atomic E-state index is -0.161. The number of carbonyl (C=O) groups is 1. The Morgan fingerprint density at radius 2 is 1.79 bits per heavy atom. The molecule has 6 nitrogen and oxygen atoms in total. The molecule has 28 heavy (non-hydrogen) atoms. The van der Waals surface area contributed by atoms with Crippen molar-refractivity contribution in [2.24, 2.45) is 0 Å². The Kier molecular flexibility index (Phi) is 7.00. The summed E-state index contributed by atoms with van der Waals surface area (Å²) < 4.78 is 27.2. The van der Waals surface area contributed by atoms with Gasteiger partial charge >= 0.3 is 5.97 Å². The highest BCUT2D eigenvalue weighted by Crippen LogP contribution is 2.49. The maximum atomic E-state index is 11.9. The van der Waals surface area contributed by atoms with Crippen LogP contribution in [0.4, 0.5) is 0 Å². The van der Waals surface area contributed by atoms with Crippen LogP contribution in [0.1, 0.15) is 30.4 Å². The summed E-state index contributed by atoms with van der Waals surface area (Å²) in [7, 11) is 3.16. The highest BCUT2D eigenvalue weighted by atomic mass is 16.7. The smallest absolute Gasteiger partial charge is 0.305 e. The number of benzene rings is 2. The third-order valence-corrected chi connectivity index (χ3v) is 4.60. The van der Waals surface area contributed by atoms with Crippen LogP contribution >= 0.6 is 0 Å². The van der Waals surface area contributed by atoms with Gasteiger partial charge in [0.15, 0.2) is 11.5 Å². The molecule has 0 N–H and O–H groups in total. The Bertz CT molecular complexity index is 787. The van der Waals surface area contributed by atoms with Gasteiger partial charge in [0.1, 0.15) is 0 Å². The van der Waals surface area contributed by atoms with Gasteiger partial charge in [0.25, 0.3) is 0 Å². The first-order valence-electron chi connectivity index (χ1n) is 9.46. The molecule has 0 radical (unpaired) electrons. The van der Waals surface area contributed by atoms with Crippen LogP contribution in [0.2, 0.25) is 0 Å². The van der Waals surface area contributed by atoms with Gasteiger partial charge in [-0.05, 0) is 37.3 Å². The first-order valence-corrected chi connectivity index (χ1v) is 9.46. The van der Waals surface area contributed by atoms with Crippen LogP contribution in [0.3, 0.4) is 0 Å². The second kappa shape index (κ2) is 9.88. The van der Waals surface area contributed by atoms with Crippen LogP contribution in [0.15, 0.2) is 36.4 Å². The predicted molar refractivity (Wildman–Crippen MR) is 104 cm³/mol. The Morgan fingerprint density at radius 3 is 2.54 bits per heavy atom. The molecule has 1 heterocycles. The van der Waals surface area contributed by atoms with Crippen molar-refractivity contribution in [1.82, 2.24) is 0 Å². The van der Waals surface area contributed by atoms with Gasteiger partial charge in [0.2, 0.25) is 18.3 Å². The van der Waals surface area contributed by atoms with Gasteiger partial charge in [-0.3, -0.25) is 4.79 Å². The first kappa shape index (κ1) is 19.9. The zero-order valence-corrected chi connectivity index (χ0v) is 16.4. The van der Waals surface area contributed by atoms with Crippen molar-refractivity contribution in [3.8, 4) is 23.0 Å². The topological polar surface area (TPSA) is 63.2 Å². The first-order chi connectivity index (χ1) is 13.7. The molecule has 3 rings (SSSR count). The number of fused-ring (bicyclic) bond motifs is 1. The molecule has 0 saturated heterocycles. The third kappa shape index (κ3) is 4.88. The van der Waals surface area contributed by atoms with Gasteiger partial charge in [0.05, 0.1) is 20.8 Å². The summed E-state index contributed by atoms with van der Waals surface area (Å²) in [4.78, 5) is 11.9. The molecule has 0 atom stereocenters. The second-order valence-electron chi connectivity index (χ2n) is 6.50. The van der Waals surface area contributed by atoms with E-state index < -0.39 is 0 Å². The van der Waals surface area contributed by atoms with Crippen molar-refractivity contribution in [3.05, 3.63) is 47.5 Å². The zero-order chi connectivity index (χ0) is 19.8. The van der Waals surface area contributed by atoms with Crippen LogP contribution in [-0.2, 0) is 22.4 Å². The highest BCUT2D eigenvalue weighted by Gasteiger charge is 2.25. The van der Waals surface area contributed by atoms with Gasteiger partial charge in [-0.1, -0.05) is 30.3 Å². The molecule has 0 saturated carbocycles.